The molecule has 2 amide bonds. The predicted octanol–water partition coefficient (Wildman–Crippen LogP) is 6.36. The number of benzene rings is 3. The summed E-state index contributed by atoms with van der Waals surface area (Å²) in [4.78, 5) is 26.3. The summed E-state index contributed by atoms with van der Waals surface area (Å²) in [7, 11) is 1.62. The Morgan fingerprint density at radius 2 is 1.48 bits per heavy atom. The zero-order valence-electron chi connectivity index (χ0n) is 19.6. The number of amides is 2. The highest BCUT2D eigenvalue weighted by Gasteiger charge is 2.16. The van der Waals surface area contributed by atoms with Crippen molar-refractivity contribution in [2.75, 3.05) is 17.7 Å². The number of thioether (sulfide) groups is 1. The minimum Gasteiger partial charge on any atom is -0.497 e. The average Bonchev–Trinajstić information content (AvgIpc) is 2.79. The lowest BCUT2D eigenvalue weighted by Gasteiger charge is -2.19. The molecule has 0 aromatic heterocycles. The maximum absolute atomic E-state index is 12.7. The Hall–Kier alpha value is -3.25. The molecule has 33 heavy (non-hydrogen) atoms. The molecule has 0 fully saturated rings. The van der Waals surface area contributed by atoms with Crippen LogP contribution in [0.2, 0.25) is 0 Å². The Balaban J connectivity index is 1.60. The summed E-state index contributed by atoms with van der Waals surface area (Å²) >= 11 is 1.47. The van der Waals surface area contributed by atoms with E-state index in [0.29, 0.717) is 16.9 Å². The smallest absolute Gasteiger partial charge is 0.255 e. The molecule has 3 aromatic rings. The van der Waals surface area contributed by atoms with Crippen LogP contribution in [0.25, 0.3) is 0 Å². The molecule has 172 valence electrons. The van der Waals surface area contributed by atoms with Crippen LogP contribution < -0.4 is 15.4 Å². The van der Waals surface area contributed by atoms with Gasteiger partial charge in [-0.2, -0.15) is 0 Å². The fraction of sp³-hybridized carbons (Fsp3) is 0.259. The lowest BCUT2D eigenvalue weighted by Crippen LogP contribution is -2.22. The van der Waals surface area contributed by atoms with Crippen molar-refractivity contribution >= 4 is 35.0 Å². The van der Waals surface area contributed by atoms with Gasteiger partial charge in [-0.25, -0.2) is 0 Å². The van der Waals surface area contributed by atoms with Crippen molar-refractivity contribution < 1.29 is 14.3 Å². The van der Waals surface area contributed by atoms with Crippen LogP contribution in [-0.2, 0) is 10.2 Å². The molecule has 0 radical (unpaired) electrons. The van der Waals surface area contributed by atoms with E-state index >= 15 is 0 Å². The van der Waals surface area contributed by atoms with Gasteiger partial charge in [0, 0.05) is 21.8 Å². The number of carbonyl (C=O) groups is 2. The molecule has 0 aliphatic carbocycles. The molecule has 1 atom stereocenters. The van der Waals surface area contributed by atoms with Gasteiger partial charge in [0.05, 0.1) is 12.4 Å². The van der Waals surface area contributed by atoms with Crippen LogP contribution in [0, 0.1) is 0 Å². The Morgan fingerprint density at radius 1 is 0.879 bits per heavy atom. The lowest BCUT2D eigenvalue weighted by molar-refractivity contribution is -0.115. The first-order valence-corrected chi connectivity index (χ1v) is 11.7. The third kappa shape index (κ3) is 6.86. The molecule has 0 spiro atoms. The van der Waals surface area contributed by atoms with Gasteiger partial charge >= 0.3 is 0 Å². The number of carbonyl (C=O) groups excluding carboxylic acids is 2. The number of nitrogens with one attached hydrogen (secondary N) is 2. The highest BCUT2D eigenvalue weighted by Crippen LogP contribution is 2.27. The van der Waals surface area contributed by atoms with Crippen molar-refractivity contribution in [3.8, 4) is 5.75 Å². The zero-order chi connectivity index (χ0) is 24.0. The van der Waals surface area contributed by atoms with Crippen LogP contribution in [0.5, 0.6) is 5.75 Å². The Bertz CT molecular complexity index is 1100. The molecule has 3 rings (SSSR count). The quantitative estimate of drug-likeness (QED) is 0.401. The number of ether oxygens (including phenoxy) is 1. The number of methoxy groups -OCH3 is 1. The second-order valence-electron chi connectivity index (χ2n) is 8.79. The Labute approximate surface area is 199 Å². The Morgan fingerprint density at radius 3 is 2.06 bits per heavy atom. The SMILES string of the molecule is COc1ccc(S[C@@H](C)C(=O)Nc2cccc(NC(=O)c3ccc(C(C)(C)C)cc3)c2)cc1. The molecule has 0 saturated carbocycles. The summed E-state index contributed by atoms with van der Waals surface area (Å²) in [5, 5.41) is 5.54. The molecule has 3 aromatic carbocycles. The van der Waals surface area contributed by atoms with Crippen molar-refractivity contribution in [2.45, 2.75) is 43.3 Å². The van der Waals surface area contributed by atoms with E-state index in [-0.39, 0.29) is 22.5 Å². The number of hydrogen-bond donors (Lipinski definition) is 2. The summed E-state index contributed by atoms with van der Waals surface area (Å²) in [5.41, 5.74) is 3.04. The second kappa shape index (κ2) is 10.6. The van der Waals surface area contributed by atoms with Crippen molar-refractivity contribution in [1.29, 1.82) is 0 Å². The summed E-state index contributed by atoms with van der Waals surface area (Å²) in [6.07, 6.45) is 0. The molecule has 0 aliphatic rings. The van der Waals surface area contributed by atoms with Crippen LogP contribution in [0.1, 0.15) is 43.6 Å². The van der Waals surface area contributed by atoms with E-state index < -0.39 is 0 Å². The maximum atomic E-state index is 12.7. The zero-order valence-corrected chi connectivity index (χ0v) is 20.5. The minimum atomic E-state index is -0.294. The standard InChI is InChI=1S/C27H30N2O3S/c1-18(33-24-15-13-23(32-5)14-16-24)25(30)28-21-7-6-8-22(17-21)29-26(31)19-9-11-20(12-10-19)27(2,3)4/h6-18H,1-5H3,(H,28,30)(H,29,31)/t18-/m0/s1. The molecule has 6 heteroatoms. The highest BCUT2D eigenvalue weighted by atomic mass is 32.2. The van der Waals surface area contributed by atoms with Gasteiger partial charge in [-0.15, -0.1) is 11.8 Å². The van der Waals surface area contributed by atoms with Gasteiger partial charge in [-0.3, -0.25) is 9.59 Å². The lowest BCUT2D eigenvalue weighted by atomic mass is 9.87. The third-order valence-electron chi connectivity index (χ3n) is 5.14. The van der Waals surface area contributed by atoms with Crippen molar-refractivity contribution in [2.24, 2.45) is 0 Å². The predicted molar refractivity (Wildman–Crippen MR) is 136 cm³/mol. The summed E-state index contributed by atoms with van der Waals surface area (Å²) < 4.78 is 5.17. The van der Waals surface area contributed by atoms with E-state index in [4.69, 9.17) is 4.74 Å². The maximum Gasteiger partial charge on any atom is 0.255 e. The fourth-order valence-electron chi connectivity index (χ4n) is 3.16. The van der Waals surface area contributed by atoms with Crippen molar-refractivity contribution in [3.05, 3.63) is 83.9 Å². The van der Waals surface area contributed by atoms with Gasteiger partial charge < -0.3 is 15.4 Å². The number of hydrogen-bond acceptors (Lipinski definition) is 4. The second-order valence-corrected chi connectivity index (χ2v) is 10.2. The van der Waals surface area contributed by atoms with Crippen molar-refractivity contribution in [3.63, 3.8) is 0 Å². The van der Waals surface area contributed by atoms with Gasteiger partial charge in [0.1, 0.15) is 5.75 Å². The molecule has 5 nitrogen and oxygen atoms in total. The average molecular weight is 463 g/mol. The van der Waals surface area contributed by atoms with Crippen molar-refractivity contribution in [1.82, 2.24) is 0 Å². The Kier molecular flexibility index (Phi) is 7.82. The van der Waals surface area contributed by atoms with E-state index in [1.165, 1.54) is 17.3 Å². The minimum absolute atomic E-state index is 0.0321. The molecule has 2 N–H and O–H groups in total. The fourth-order valence-corrected chi connectivity index (χ4v) is 4.02. The van der Waals surface area contributed by atoms with Crippen LogP contribution >= 0.6 is 11.8 Å². The van der Waals surface area contributed by atoms with Crippen LogP contribution in [0.4, 0.5) is 11.4 Å². The van der Waals surface area contributed by atoms with E-state index in [1.54, 1.807) is 31.4 Å². The first-order valence-electron chi connectivity index (χ1n) is 10.8. The van der Waals surface area contributed by atoms with Crippen LogP contribution in [-0.4, -0.2) is 24.2 Å². The molecule has 0 saturated heterocycles. The first-order chi connectivity index (χ1) is 15.7. The van der Waals surface area contributed by atoms with Gasteiger partial charge in [0.15, 0.2) is 0 Å². The number of rotatable bonds is 7. The topological polar surface area (TPSA) is 67.4 Å². The molecular formula is C27H30N2O3S. The van der Waals surface area contributed by atoms with Crippen LogP contribution in [0.3, 0.4) is 0 Å². The normalized spacial score (nSPS) is 12.0. The van der Waals surface area contributed by atoms with Gasteiger partial charge in [0.25, 0.3) is 5.91 Å². The first kappa shape index (κ1) is 24.4. The molecule has 0 heterocycles. The van der Waals surface area contributed by atoms with Crippen LogP contribution in [0.15, 0.2) is 77.7 Å². The highest BCUT2D eigenvalue weighted by molar-refractivity contribution is 8.00. The monoisotopic (exact) mass is 462 g/mol. The molecular weight excluding hydrogens is 432 g/mol. The van der Waals surface area contributed by atoms with Gasteiger partial charge in [0.2, 0.25) is 5.91 Å². The summed E-state index contributed by atoms with van der Waals surface area (Å²) in [6, 6.07) is 22.4. The molecule has 0 aliphatic heterocycles. The van der Waals surface area contributed by atoms with E-state index in [9.17, 15) is 9.59 Å². The summed E-state index contributed by atoms with van der Waals surface area (Å²) in [6.45, 7) is 8.27. The van der Waals surface area contributed by atoms with E-state index in [2.05, 4.69) is 31.4 Å². The summed E-state index contributed by atoms with van der Waals surface area (Å²) in [5.74, 6) is 0.472. The van der Waals surface area contributed by atoms with E-state index in [0.717, 1.165) is 10.6 Å². The van der Waals surface area contributed by atoms with Gasteiger partial charge in [-0.1, -0.05) is 39.0 Å². The van der Waals surface area contributed by atoms with E-state index in [1.807, 2.05) is 55.5 Å². The van der Waals surface area contributed by atoms with Gasteiger partial charge in [-0.05, 0) is 72.5 Å². The largest absolute Gasteiger partial charge is 0.497 e. The number of anilines is 2. The third-order valence-corrected chi connectivity index (χ3v) is 6.25. The molecule has 0 bridgehead atoms. The molecule has 0 unspecified atom stereocenters.